The van der Waals surface area contributed by atoms with Gasteiger partial charge in [-0.3, -0.25) is 9.59 Å². The fraction of sp³-hybridized carbons (Fsp3) is 0.250. The van der Waals surface area contributed by atoms with Gasteiger partial charge in [0.2, 0.25) is 0 Å². The van der Waals surface area contributed by atoms with Crippen LogP contribution in [0.3, 0.4) is 0 Å². The van der Waals surface area contributed by atoms with Crippen molar-refractivity contribution in [2.75, 3.05) is 25.1 Å². The van der Waals surface area contributed by atoms with Crippen LogP contribution in [0.5, 0.6) is 0 Å². The molecule has 1 atom stereocenters. The van der Waals surface area contributed by atoms with Gasteiger partial charge in [0.25, 0.3) is 0 Å². The molecule has 0 spiro atoms. The Kier molecular flexibility index (Phi) is 7.32. The molecular formula is C16H16ClFN2O4S. The molecular weight excluding hydrogens is 371 g/mol. The predicted molar refractivity (Wildman–Crippen MR) is 93.1 cm³/mol. The van der Waals surface area contributed by atoms with Gasteiger partial charge in [-0.05, 0) is 40.6 Å². The first-order valence-electron chi connectivity index (χ1n) is 7.30. The minimum atomic E-state index is -0.908. The second kappa shape index (κ2) is 9.47. The van der Waals surface area contributed by atoms with Crippen molar-refractivity contribution in [2.45, 2.75) is 6.10 Å². The Balaban J connectivity index is 1.90. The Morgan fingerprint density at radius 1 is 1.32 bits per heavy atom. The molecule has 25 heavy (non-hydrogen) atoms. The smallest absolute Gasteiger partial charge is 0.313 e. The zero-order chi connectivity index (χ0) is 18.2. The summed E-state index contributed by atoms with van der Waals surface area (Å²) in [6, 6.07) is 5.43. The van der Waals surface area contributed by atoms with Crippen molar-refractivity contribution >= 4 is 40.4 Å². The lowest BCUT2D eigenvalue weighted by Gasteiger charge is -2.17. The molecule has 134 valence electrons. The van der Waals surface area contributed by atoms with E-state index in [1.807, 2.05) is 16.8 Å². The van der Waals surface area contributed by atoms with Crippen LogP contribution in [-0.4, -0.2) is 36.7 Å². The molecule has 3 N–H and O–H groups in total. The van der Waals surface area contributed by atoms with Crippen LogP contribution in [-0.2, 0) is 14.3 Å². The second-order valence-electron chi connectivity index (χ2n) is 4.93. The molecule has 0 saturated heterocycles. The highest BCUT2D eigenvalue weighted by Crippen LogP contribution is 2.20. The summed E-state index contributed by atoms with van der Waals surface area (Å²) in [4.78, 5) is 23.8. The minimum Gasteiger partial charge on any atom is -0.394 e. The van der Waals surface area contributed by atoms with Crippen LogP contribution in [0.25, 0.3) is 0 Å². The third kappa shape index (κ3) is 5.79. The molecule has 0 fully saturated rings. The maximum Gasteiger partial charge on any atom is 0.313 e. The average molecular weight is 387 g/mol. The fourth-order valence-electron chi connectivity index (χ4n) is 1.95. The molecule has 1 aromatic carbocycles. The van der Waals surface area contributed by atoms with Crippen molar-refractivity contribution in [1.29, 1.82) is 0 Å². The van der Waals surface area contributed by atoms with Crippen molar-refractivity contribution in [3.63, 3.8) is 0 Å². The Morgan fingerprint density at radius 2 is 2.12 bits per heavy atom. The number of halogens is 2. The predicted octanol–water partition coefficient (Wildman–Crippen LogP) is 2.35. The number of aliphatic hydroxyl groups is 1. The molecule has 1 aromatic heterocycles. The van der Waals surface area contributed by atoms with Gasteiger partial charge >= 0.3 is 11.8 Å². The number of hydrogen-bond acceptors (Lipinski definition) is 5. The van der Waals surface area contributed by atoms with Crippen LogP contribution < -0.4 is 10.6 Å². The normalized spacial score (nSPS) is 11.8. The van der Waals surface area contributed by atoms with Gasteiger partial charge in [-0.25, -0.2) is 4.39 Å². The van der Waals surface area contributed by atoms with E-state index in [0.29, 0.717) is 0 Å². The summed E-state index contributed by atoms with van der Waals surface area (Å²) < 4.78 is 18.5. The summed E-state index contributed by atoms with van der Waals surface area (Å²) in [7, 11) is 0. The first-order valence-corrected chi connectivity index (χ1v) is 8.62. The van der Waals surface area contributed by atoms with E-state index in [2.05, 4.69) is 10.6 Å². The van der Waals surface area contributed by atoms with Crippen molar-refractivity contribution in [2.24, 2.45) is 0 Å². The molecule has 0 bridgehead atoms. The fourth-order valence-corrected chi connectivity index (χ4v) is 2.84. The monoisotopic (exact) mass is 386 g/mol. The minimum absolute atomic E-state index is 0.0627. The number of thiophene rings is 1. The second-order valence-corrected chi connectivity index (χ2v) is 6.12. The van der Waals surface area contributed by atoms with Crippen molar-refractivity contribution in [3.05, 3.63) is 51.4 Å². The number of hydrogen-bond donors (Lipinski definition) is 3. The van der Waals surface area contributed by atoms with Crippen LogP contribution in [0.15, 0.2) is 35.0 Å². The number of ether oxygens (including phenoxy) is 1. The Morgan fingerprint density at radius 3 is 2.76 bits per heavy atom. The molecule has 9 heteroatoms. The maximum atomic E-state index is 13.1. The lowest BCUT2D eigenvalue weighted by molar-refractivity contribution is -0.136. The van der Waals surface area contributed by atoms with Gasteiger partial charge in [-0.1, -0.05) is 11.6 Å². The topological polar surface area (TPSA) is 87.7 Å². The maximum absolute atomic E-state index is 13.1. The van der Waals surface area contributed by atoms with Gasteiger partial charge in [-0.2, -0.15) is 11.3 Å². The van der Waals surface area contributed by atoms with Gasteiger partial charge in [0, 0.05) is 12.2 Å². The standard InChI is InChI=1S/C16H16ClFN2O4S/c17-12-7-11(1-2-13(12)18)20-16(23)15(22)19-8-14(24-5-4-21)10-3-6-25-9-10/h1-3,6-7,9,14,21H,4-5,8H2,(H,19,22)(H,20,23)/t14-/m1/s1. The number of carbonyl (C=O) groups is 2. The van der Waals surface area contributed by atoms with Crippen LogP contribution >= 0.6 is 22.9 Å². The molecule has 0 unspecified atom stereocenters. The number of nitrogens with one attached hydrogen (secondary N) is 2. The van der Waals surface area contributed by atoms with E-state index in [1.165, 1.54) is 23.5 Å². The highest BCUT2D eigenvalue weighted by Gasteiger charge is 2.18. The number of amides is 2. The van der Waals surface area contributed by atoms with E-state index >= 15 is 0 Å². The first kappa shape index (κ1) is 19.3. The lowest BCUT2D eigenvalue weighted by atomic mass is 10.2. The van der Waals surface area contributed by atoms with Crippen LogP contribution in [0.2, 0.25) is 5.02 Å². The third-order valence-corrected chi connectivity index (χ3v) is 4.15. The van der Waals surface area contributed by atoms with E-state index in [1.54, 1.807) is 0 Å². The van der Waals surface area contributed by atoms with Crippen LogP contribution in [0, 0.1) is 5.82 Å². The number of anilines is 1. The summed E-state index contributed by atoms with van der Waals surface area (Å²) in [5.41, 5.74) is 1.04. The van der Waals surface area contributed by atoms with Crippen molar-refractivity contribution < 1.29 is 23.8 Å². The summed E-state index contributed by atoms with van der Waals surface area (Å²) in [6.45, 7) is 0.0181. The summed E-state index contributed by atoms with van der Waals surface area (Å²) in [5, 5.41) is 17.2. The molecule has 0 aliphatic carbocycles. The molecule has 0 aliphatic heterocycles. The third-order valence-electron chi connectivity index (χ3n) is 3.16. The lowest BCUT2D eigenvalue weighted by Crippen LogP contribution is -2.38. The number of rotatable bonds is 7. The summed E-state index contributed by atoms with van der Waals surface area (Å²) in [5.74, 6) is -2.40. The Bertz CT molecular complexity index is 727. The van der Waals surface area contributed by atoms with Gasteiger partial charge in [0.15, 0.2) is 0 Å². The molecule has 0 radical (unpaired) electrons. The van der Waals surface area contributed by atoms with Crippen LogP contribution in [0.4, 0.5) is 10.1 Å². The number of carbonyl (C=O) groups excluding carboxylic acids is 2. The molecule has 2 amide bonds. The Labute approximate surface area is 152 Å². The van der Waals surface area contributed by atoms with E-state index < -0.39 is 23.7 Å². The number of aliphatic hydroxyl groups excluding tert-OH is 1. The highest BCUT2D eigenvalue weighted by molar-refractivity contribution is 7.07. The zero-order valence-electron chi connectivity index (χ0n) is 13.0. The molecule has 2 aromatic rings. The summed E-state index contributed by atoms with van der Waals surface area (Å²) >= 11 is 7.09. The molecule has 6 nitrogen and oxygen atoms in total. The molecule has 2 rings (SSSR count). The molecule has 0 saturated carbocycles. The summed E-state index contributed by atoms with van der Waals surface area (Å²) in [6.07, 6.45) is -0.476. The quantitative estimate of drug-likeness (QED) is 0.637. The SMILES string of the molecule is O=C(NC[C@@H](OCCO)c1ccsc1)C(=O)Nc1ccc(F)c(Cl)c1. The van der Waals surface area contributed by atoms with Crippen molar-refractivity contribution in [1.82, 2.24) is 5.32 Å². The first-order chi connectivity index (χ1) is 12.0. The highest BCUT2D eigenvalue weighted by atomic mass is 35.5. The van der Waals surface area contributed by atoms with Gasteiger partial charge in [0.1, 0.15) is 11.9 Å². The van der Waals surface area contributed by atoms with Gasteiger partial charge in [-0.15, -0.1) is 0 Å². The van der Waals surface area contributed by atoms with Gasteiger partial charge in [0.05, 0.1) is 18.2 Å². The number of benzene rings is 1. The van der Waals surface area contributed by atoms with Gasteiger partial charge < -0.3 is 20.5 Å². The largest absolute Gasteiger partial charge is 0.394 e. The van der Waals surface area contributed by atoms with E-state index in [9.17, 15) is 14.0 Å². The van der Waals surface area contributed by atoms with E-state index in [-0.39, 0.29) is 30.5 Å². The van der Waals surface area contributed by atoms with E-state index in [0.717, 1.165) is 11.6 Å². The zero-order valence-corrected chi connectivity index (χ0v) is 14.6. The van der Waals surface area contributed by atoms with Crippen LogP contribution in [0.1, 0.15) is 11.7 Å². The Hall–Kier alpha value is -2.00. The van der Waals surface area contributed by atoms with E-state index in [4.69, 9.17) is 21.4 Å². The molecule has 0 aliphatic rings. The molecule has 1 heterocycles. The van der Waals surface area contributed by atoms with Crippen molar-refractivity contribution in [3.8, 4) is 0 Å². The average Bonchev–Trinajstić information content (AvgIpc) is 3.12.